The third kappa shape index (κ3) is 7.56. The van der Waals surface area contributed by atoms with Gasteiger partial charge in [-0.25, -0.2) is 9.78 Å². The third-order valence-corrected chi connectivity index (χ3v) is 10.7. The van der Waals surface area contributed by atoms with Crippen molar-refractivity contribution in [2.45, 2.75) is 142 Å². The van der Waals surface area contributed by atoms with E-state index in [4.69, 9.17) is 9.72 Å². The number of cyclic esters (lactones) is 1. The molecular weight excluding hydrogens is 590 g/mol. The van der Waals surface area contributed by atoms with E-state index in [9.17, 15) is 4.79 Å². The van der Waals surface area contributed by atoms with E-state index in [-0.39, 0.29) is 0 Å². The lowest BCUT2D eigenvalue weighted by molar-refractivity contribution is 0.0291. The molecule has 0 fully saturated rings. The quantitative estimate of drug-likeness (QED) is 0.0900. The first kappa shape index (κ1) is 35.8. The molecule has 0 saturated heterocycles. The first-order valence-electron chi connectivity index (χ1n) is 19.2. The summed E-state index contributed by atoms with van der Waals surface area (Å²) in [6, 6.07) is 15.6. The normalized spacial score (nSPS) is 18.3. The zero-order valence-corrected chi connectivity index (χ0v) is 30.5. The first-order chi connectivity index (χ1) is 23.5. The minimum Gasteiger partial charge on any atom is -0.438 e. The Bertz CT molecular complexity index is 1530. The molecule has 2 atom stereocenters. The summed E-state index contributed by atoms with van der Waals surface area (Å²) in [5.74, 6) is -0.104. The highest BCUT2D eigenvalue weighted by Crippen LogP contribution is 2.58. The molecule has 0 spiro atoms. The van der Waals surface area contributed by atoms with E-state index in [2.05, 4.69) is 87.0 Å². The zero-order chi connectivity index (χ0) is 33.9. The molecule has 1 aromatic heterocycles. The Hall–Kier alpha value is -3.47. The standard InChI is InChI=1S/C43H59N3O2/c1-6-9-12-15-16-17-22-35-33(5)39(37-24-19-18-23-36(35)37)43(41-40(42(47)48-43)44-27-28-45-41)38-26-25-34(31-32(38)4)46(29-20-13-10-7-2)30-21-14-11-8-3/h18-19,23-28,31,35H,6-17,20-22,29-30H2,1-5H3. The van der Waals surface area contributed by atoms with Crippen LogP contribution in [0, 0.1) is 6.92 Å². The van der Waals surface area contributed by atoms with Gasteiger partial charge in [0.15, 0.2) is 5.69 Å². The largest absolute Gasteiger partial charge is 0.438 e. The van der Waals surface area contributed by atoms with Crippen molar-refractivity contribution in [1.29, 1.82) is 0 Å². The average Bonchev–Trinajstić information content (AvgIpc) is 3.55. The molecule has 3 aromatic rings. The number of hydrogen-bond acceptors (Lipinski definition) is 5. The fourth-order valence-electron chi connectivity index (χ4n) is 8.15. The second kappa shape index (κ2) is 17.3. The van der Waals surface area contributed by atoms with Crippen molar-refractivity contribution in [3.05, 3.63) is 94.1 Å². The summed E-state index contributed by atoms with van der Waals surface area (Å²) < 4.78 is 6.66. The monoisotopic (exact) mass is 649 g/mol. The number of rotatable bonds is 20. The molecule has 2 unspecified atom stereocenters. The van der Waals surface area contributed by atoms with Crippen LogP contribution >= 0.6 is 0 Å². The summed E-state index contributed by atoms with van der Waals surface area (Å²) in [6.07, 6.45) is 22.0. The second-order valence-electron chi connectivity index (χ2n) is 14.2. The third-order valence-electron chi connectivity index (χ3n) is 10.7. The summed E-state index contributed by atoms with van der Waals surface area (Å²) in [7, 11) is 0. The predicted octanol–water partition coefficient (Wildman–Crippen LogP) is 11.5. The van der Waals surface area contributed by atoms with Crippen LogP contribution in [0.1, 0.15) is 168 Å². The minimum absolute atomic E-state index is 0.292. The van der Waals surface area contributed by atoms with Crippen molar-refractivity contribution >= 4 is 17.2 Å². The molecule has 0 N–H and O–H groups in total. The maximum Gasteiger partial charge on any atom is 0.360 e. The second-order valence-corrected chi connectivity index (χ2v) is 14.2. The first-order valence-corrected chi connectivity index (χ1v) is 19.2. The lowest BCUT2D eigenvalue weighted by atomic mass is 9.77. The lowest BCUT2D eigenvalue weighted by Gasteiger charge is -2.34. The number of allylic oxidation sites excluding steroid dienone is 1. The Morgan fingerprint density at radius 3 is 2.06 bits per heavy atom. The van der Waals surface area contributed by atoms with Crippen LogP contribution in [0.25, 0.3) is 5.57 Å². The smallest absolute Gasteiger partial charge is 0.360 e. The number of aromatic nitrogens is 2. The number of esters is 1. The number of nitrogens with zero attached hydrogens (tertiary/aromatic N) is 3. The van der Waals surface area contributed by atoms with E-state index in [1.807, 2.05) is 0 Å². The summed E-state index contributed by atoms with van der Waals surface area (Å²) >= 11 is 0. The van der Waals surface area contributed by atoms with E-state index >= 15 is 0 Å². The number of aryl methyl sites for hydroxylation is 1. The lowest BCUT2D eigenvalue weighted by Crippen LogP contribution is -2.32. The van der Waals surface area contributed by atoms with Gasteiger partial charge in [-0.3, -0.25) is 4.98 Å². The van der Waals surface area contributed by atoms with Gasteiger partial charge in [-0.1, -0.05) is 134 Å². The molecule has 5 rings (SSSR count). The molecule has 5 nitrogen and oxygen atoms in total. The fraction of sp³-hybridized carbons (Fsp3) is 0.558. The summed E-state index contributed by atoms with van der Waals surface area (Å²) in [4.78, 5) is 25.7. The van der Waals surface area contributed by atoms with E-state index < -0.39 is 11.6 Å². The molecule has 0 saturated carbocycles. The summed E-state index contributed by atoms with van der Waals surface area (Å²) in [5, 5.41) is 0. The van der Waals surface area contributed by atoms with Crippen LogP contribution in [0.15, 0.2) is 60.4 Å². The van der Waals surface area contributed by atoms with Gasteiger partial charge in [0, 0.05) is 48.2 Å². The number of fused-ring (bicyclic) bond motifs is 2. The highest BCUT2D eigenvalue weighted by molar-refractivity contribution is 5.99. The van der Waals surface area contributed by atoms with Gasteiger partial charge in [0.2, 0.25) is 5.60 Å². The Kier molecular flexibility index (Phi) is 12.9. The van der Waals surface area contributed by atoms with E-state index in [0.29, 0.717) is 17.3 Å². The molecule has 0 amide bonds. The van der Waals surface area contributed by atoms with Gasteiger partial charge in [0.05, 0.1) is 0 Å². The average molecular weight is 650 g/mol. The number of unbranched alkanes of at least 4 members (excludes halogenated alkanes) is 11. The Labute approximate surface area is 290 Å². The maximum absolute atomic E-state index is 13.7. The van der Waals surface area contributed by atoms with Crippen LogP contribution in [0.4, 0.5) is 5.69 Å². The van der Waals surface area contributed by atoms with Crippen molar-refractivity contribution < 1.29 is 9.53 Å². The zero-order valence-electron chi connectivity index (χ0n) is 30.5. The maximum atomic E-state index is 13.7. The van der Waals surface area contributed by atoms with Gasteiger partial charge in [-0.05, 0) is 61.9 Å². The number of carbonyl (C=O) groups excluding carboxylic acids is 1. The topological polar surface area (TPSA) is 55.3 Å². The predicted molar refractivity (Wildman–Crippen MR) is 200 cm³/mol. The molecule has 1 aliphatic heterocycles. The highest BCUT2D eigenvalue weighted by Gasteiger charge is 2.56. The molecule has 2 aromatic carbocycles. The molecule has 2 aliphatic rings. The summed E-state index contributed by atoms with van der Waals surface area (Å²) in [5.41, 5.74) is 8.02. The van der Waals surface area contributed by atoms with Crippen LogP contribution in [0.5, 0.6) is 0 Å². The van der Waals surface area contributed by atoms with Crippen LogP contribution in [-0.4, -0.2) is 29.0 Å². The Morgan fingerprint density at radius 1 is 0.750 bits per heavy atom. The fourth-order valence-corrected chi connectivity index (χ4v) is 8.15. The Morgan fingerprint density at radius 2 is 1.38 bits per heavy atom. The SMILES string of the molecule is CCCCCCCCC1C(C)=C(C2(c3ccc(N(CCCCCC)CCCCCC)cc3C)OC(=O)c3nccnc32)c2ccccc21. The van der Waals surface area contributed by atoms with Gasteiger partial charge in [0.25, 0.3) is 0 Å². The number of carbonyl (C=O) groups is 1. The summed E-state index contributed by atoms with van der Waals surface area (Å²) in [6.45, 7) is 13.4. The van der Waals surface area contributed by atoms with Crippen molar-refractivity contribution in [3.63, 3.8) is 0 Å². The minimum atomic E-state index is -1.15. The van der Waals surface area contributed by atoms with Gasteiger partial charge in [0.1, 0.15) is 5.69 Å². The van der Waals surface area contributed by atoms with Crippen LogP contribution in [0.3, 0.4) is 0 Å². The molecule has 5 heteroatoms. The van der Waals surface area contributed by atoms with Crippen LogP contribution in [0.2, 0.25) is 0 Å². The molecular formula is C43H59N3O2. The molecule has 48 heavy (non-hydrogen) atoms. The van der Waals surface area contributed by atoms with Crippen molar-refractivity contribution in [2.75, 3.05) is 18.0 Å². The van der Waals surface area contributed by atoms with Crippen LogP contribution < -0.4 is 4.90 Å². The van der Waals surface area contributed by atoms with Gasteiger partial charge in [-0.2, -0.15) is 0 Å². The molecule has 2 heterocycles. The van der Waals surface area contributed by atoms with Crippen molar-refractivity contribution in [1.82, 2.24) is 9.97 Å². The van der Waals surface area contributed by atoms with Crippen molar-refractivity contribution in [3.8, 4) is 0 Å². The molecule has 258 valence electrons. The molecule has 0 radical (unpaired) electrons. The number of benzene rings is 2. The number of hydrogen-bond donors (Lipinski definition) is 0. The molecule has 1 aliphatic carbocycles. The number of anilines is 1. The van der Waals surface area contributed by atoms with Crippen LogP contribution in [-0.2, 0) is 10.3 Å². The van der Waals surface area contributed by atoms with E-state index in [0.717, 1.165) is 36.2 Å². The molecule has 0 bridgehead atoms. The van der Waals surface area contributed by atoms with Gasteiger partial charge >= 0.3 is 5.97 Å². The van der Waals surface area contributed by atoms with Gasteiger partial charge in [-0.15, -0.1) is 0 Å². The van der Waals surface area contributed by atoms with Gasteiger partial charge < -0.3 is 9.64 Å². The highest BCUT2D eigenvalue weighted by atomic mass is 16.6. The van der Waals surface area contributed by atoms with Crippen molar-refractivity contribution in [2.24, 2.45) is 0 Å². The number of ether oxygens (including phenoxy) is 1. The van der Waals surface area contributed by atoms with E-state index in [1.54, 1.807) is 12.4 Å². The van der Waals surface area contributed by atoms with E-state index in [1.165, 1.54) is 112 Å². The Balaban J connectivity index is 1.56.